The molecule has 18 heavy (non-hydrogen) atoms. The molecule has 1 aromatic heterocycles. The number of nitro groups is 1. The fourth-order valence-electron chi connectivity index (χ4n) is 1.40. The number of ether oxygens (including phenoxy) is 1. The number of hydrogen-bond acceptors (Lipinski definition) is 5. The molecule has 0 aromatic carbocycles. The minimum absolute atomic E-state index is 0.000877. The van der Waals surface area contributed by atoms with Gasteiger partial charge in [0.1, 0.15) is 6.20 Å². The Balaban J connectivity index is 2.03. The number of carbonyl (C=O) groups excluding carboxylic acids is 1. The zero-order valence-corrected chi connectivity index (χ0v) is 9.83. The average molecular weight is 251 g/mol. The summed E-state index contributed by atoms with van der Waals surface area (Å²) in [6.45, 7) is 1.55. The van der Waals surface area contributed by atoms with Crippen molar-refractivity contribution >= 4 is 11.7 Å². The minimum atomic E-state index is -0.784. The molecule has 1 heterocycles. The first-order valence-corrected chi connectivity index (χ1v) is 5.64. The molecule has 0 bridgehead atoms. The van der Waals surface area contributed by atoms with E-state index in [0.717, 1.165) is 12.8 Å². The van der Waals surface area contributed by atoms with Gasteiger partial charge >= 0.3 is 5.82 Å². The lowest BCUT2D eigenvalue weighted by atomic mass is 10.3. The van der Waals surface area contributed by atoms with Crippen LogP contribution >= 0.6 is 0 Å². The standard InChI is InChI=1S/C11H13N3O4/c1-7(11(15)13-8-4-5-8)18-9-3-2-6-12-10(9)14(16)17/h2-3,6-8H,4-5H2,1H3,(H,13,15). The van der Waals surface area contributed by atoms with E-state index in [9.17, 15) is 14.9 Å². The van der Waals surface area contributed by atoms with Crippen molar-refractivity contribution in [2.75, 3.05) is 0 Å². The van der Waals surface area contributed by atoms with Crippen LogP contribution in [-0.4, -0.2) is 28.0 Å². The zero-order chi connectivity index (χ0) is 13.1. The zero-order valence-electron chi connectivity index (χ0n) is 9.83. The van der Waals surface area contributed by atoms with Crippen LogP contribution in [0.4, 0.5) is 5.82 Å². The van der Waals surface area contributed by atoms with Crippen molar-refractivity contribution in [1.82, 2.24) is 10.3 Å². The molecule has 1 aliphatic rings. The number of pyridine rings is 1. The van der Waals surface area contributed by atoms with E-state index < -0.39 is 11.0 Å². The summed E-state index contributed by atoms with van der Waals surface area (Å²) < 4.78 is 5.28. The van der Waals surface area contributed by atoms with Crippen LogP contribution in [-0.2, 0) is 4.79 Å². The van der Waals surface area contributed by atoms with E-state index in [1.54, 1.807) is 6.92 Å². The minimum Gasteiger partial charge on any atom is -0.473 e. The van der Waals surface area contributed by atoms with Gasteiger partial charge in [0, 0.05) is 6.04 Å². The molecule has 7 nitrogen and oxygen atoms in total. The Hall–Kier alpha value is -2.18. The van der Waals surface area contributed by atoms with E-state index in [4.69, 9.17) is 4.74 Å². The molecule has 0 spiro atoms. The van der Waals surface area contributed by atoms with Gasteiger partial charge in [-0.15, -0.1) is 0 Å². The van der Waals surface area contributed by atoms with Gasteiger partial charge in [0.05, 0.1) is 0 Å². The predicted molar refractivity (Wildman–Crippen MR) is 62.1 cm³/mol. The summed E-state index contributed by atoms with van der Waals surface area (Å²) in [7, 11) is 0. The molecule has 1 N–H and O–H groups in total. The molecule has 0 saturated heterocycles. The van der Waals surface area contributed by atoms with Gasteiger partial charge in [-0.1, -0.05) is 0 Å². The lowest BCUT2D eigenvalue weighted by Crippen LogP contribution is -2.37. The third-order valence-corrected chi connectivity index (χ3v) is 2.52. The lowest BCUT2D eigenvalue weighted by Gasteiger charge is -2.13. The fraction of sp³-hybridized carbons (Fsp3) is 0.455. The second-order valence-corrected chi connectivity index (χ2v) is 4.13. The Labute approximate surface area is 103 Å². The van der Waals surface area contributed by atoms with Crippen LogP contribution < -0.4 is 10.1 Å². The first kappa shape index (κ1) is 12.3. The molecular weight excluding hydrogens is 238 g/mol. The van der Waals surface area contributed by atoms with Crippen LogP contribution in [0.15, 0.2) is 18.3 Å². The van der Waals surface area contributed by atoms with E-state index in [1.165, 1.54) is 18.3 Å². The quantitative estimate of drug-likeness (QED) is 0.623. The van der Waals surface area contributed by atoms with Crippen molar-refractivity contribution in [3.05, 3.63) is 28.4 Å². The Morgan fingerprint density at radius 2 is 2.39 bits per heavy atom. The van der Waals surface area contributed by atoms with Gasteiger partial charge in [0.2, 0.25) is 5.75 Å². The second kappa shape index (κ2) is 4.99. The summed E-state index contributed by atoms with van der Waals surface area (Å²) in [5.74, 6) is -0.653. The topological polar surface area (TPSA) is 94.4 Å². The number of hydrogen-bond donors (Lipinski definition) is 1. The van der Waals surface area contributed by atoms with E-state index in [1.807, 2.05) is 0 Å². The average Bonchev–Trinajstić information content (AvgIpc) is 3.13. The summed E-state index contributed by atoms with van der Waals surface area (Å²) in [6.07, 6.45) is 2.48. The molecular formula is C11H13N3O4. The second-order valence-electron chi connectivity index (χ2n) is 4.13. The van der Waals surface area contributed by atoms with Crippen LogP contribution in [0.1, 0.15) is 19.8 Å². The molecule has 1 fully saturated rings. The number of rotatable bonds is 5. The number of amides is 1. The summed E-state index contributed by atoms with van der Waals surface area (Å²) in [6, 6.07) is 3.17. The van der Waals surface area contributed by atoms with Gasteiger partial charge < -0.3 is 20.2 Å². The molecule has 1 atom stereocenters. The number of nitrogens with one attached hydrogen (secondary N) is 1. The number of aromatic nitrogens is 1. The molecule has 1 amide bonds. The van der Waals surface area contributed by atoms with Gasteiger partial charge in [0.25, 0.3) is 5.91 Å². The normalized spacial score (nSPS) is 15.8. The van der Waals surface area contributed by atoms with Crippen molar-refractivity contribution in [2.45, 2.75) is 31.9 Å². The van der Waals surface area contributed by atoms with Gasteiger partial charge in [-0.2, -0.15) is 0 Å². The summed E-state index contributed by atoms with van der Waals surface area (Å²) in [4.78, 5) is 25.3. The molecule has 1 aliphatic carbocycles. The first-order chi connectivity index (χ1) is 8.58. The van der Waals surface area contributed by atoms with Gasteiger partial charge in [-0.3, -0.25) is 4.79 Å². The maximum Gasteiger partial charge on any atom is 0.406 e. The van der Waals surface area contributed by atoms with Crippen LogP contribution in [0.2, 0.25) is 0 Å². The molecule has 2 rings (SSSR count). The SMILES string of the molecule is CC(Oc1cccnc1[N+](=O)[O-])C(=O)NC1CC1. The molecule has 1 saturated carbocycles. The third kappa shape index (κ3) is 2.93. The van der Waals surface area contributed by atoms with Crippen molar-refractivity contribution < 1.29 is 14.5 Å². The van der Waals surface area contributed by atoms with Crippen LogP contribution in [0, 0.1) is 10.1 Å². The third-order valence-electron chi connectivity index (χ3n) is 2.52. The van der Waals surface area contributed by atoms with Crippen molar-refractivity contribution in [2.24, 2.45) is 0 Å². The van der Waals surface area contributed by atoms with Gasteiger partial charge in [-0.25, -0.2) is 0 Å². The molecule has 7 heteroatoms. The van der Waals surface area contributed by atoms with Crippen molar-refractivity contribution in [1.29, 1.82) is 0 Å². The summed E-state index contributed by atoms with van der Waals surface area (Å²) in [5, 5.41) is 13.5. The van der Waals surface area contributed by atoms with Gasteiger partial charge in [0.15, 0.2) is 6.10 Å². The Bertz CT molecular complexity index is 473. The lowest BCUT2D eigenvalue weighted by molar-refractivity contribution is -0.390. The smallest absolute Gasteiger partial charge is 0.406 e. The summed E-state index contributed by atoms with van der Waals surface area (Å²) >= 11 is 0. The number of carbonyl (C=O) groups is 1. The number of nitrogens with zero attached hydrogens (tertiary/aromatic N) is 2. The fourth-order valence-corrected chi connectivity index (χ4v) is 1.40. The highest BCUT2D eigenvalue weighted by molar-refractivity contribution is 5.81. The van der Waals surface area contributed by atoms with Crippen molar-refractivity contribution in [3.63, 3.8) is 0 Å². The highest BCUT2D eigenvalue weighted by Gasteiger charge is 2.27. The predicted octanol–water partition coefficient (Wildman–Crippen LogP) is 1.04. The van der Waals surface area contributed by atoms with E-state index >= 15 is 0 Å². The Morgan fingerprint density at radius 3 is 3.00 bits per heavy atom. The van der Waals surface area contributed by atoms with Crippen LogP contribution in [0.25, 0.3) is 0 Å². The molecule has 1 unspecified atom stereocenters. The molecule has 1 aromatic rings. The monoisotopic (exact) mass is 251 g/mol. The summed E-state index contributed by atoms with van der Waals surface area (Å²) in [5.41, 5.74) is 0. The highest BCUT2D eigenvalue weighted by Crippen LogP contribution is 2.24. The molecule has 0 radical (unpaired) electrons. The largest absolute Gasteiger partial charge is 0.473 e. The van der Waals surface area contributed by atoms with Crippen LogP contribution in [0.5, 0.6) is 5.75 Å². The maximum atomic E-state index is 11.7. The van der Waals surface area contributed by atoms with E-state index in [-0.39, 0.29) is 23.5 Å². The Morgan fingerprint density at radius 1 is 1.67 bits per heavy atom. The Kier molecular flexibility index (Phi) is 3.40. The van der Waals surface area contributed by atoms with Crippen LogP contribution in [0.3, 0.4) is 0 Å². The van der Waals surface area contributed by atoms with E-state index in [2.05, 4.69) is 10.3 Å². The molecule has 0 aliphatic heterocycles. The van der Waals surface area contributed by atoms with E-state index in [0.29, 0.717) is 0 Å². The highest BCUT2D eigenvalue weighted by atomic mass is 16.6. The maximum absolute atomic E-state index is 11.7. The first-order valence-electron chi connectivity index (χ1n) is 5.64. The molecule has 96 valence electrons. The van der Waals surface area contributed by atoms with Crippen molar-refractivity contribution in [3.8, 4) is 5.75 Å². The van der Waals surface area contributed by atoms with Gasteiger partial charge in [-0.05, 0) is 41.8 Å².